The van der Waals surface area contributed by atoms with Gasteiger partial charge in [-0.25, -0.2) is 13.4 Å². The summed E-state index contributed by atoms with van der Waals surface area (Å²) in [6.45, 7) is -2.56. The average molecular weight is 589 g/mol. The first kappa shape index (κ1) is 23.7. The van der Waals surface area contributed by atoms with Crippen molar-refractivity contribution in [1.29, 1.82) is 0 Å². The molecular weight excluding hydrogens is 558 g/mol. The van der Waals surface area contributed by atoms with E-state index in [2.05, 4.69) is 25.8 Å². The second-order valence-electron chi connectivity index (χ2n) is 9.19. The number of methoxy groups -OCH3 is 1. The van der Waals surface area contributed by atoms with Gasteiger partial charge in [-0.3, -0.25) is 14.4 Å². The highest BCUT2D eigenvalue weighted by molar-refractivity contribution is 7.91. The van der Waals surface area contributed by atoms with Crippen LogP contribution in [-0.2, 0) is 14.6 Å². The Labute approximate surface area is 238 Å². The Balaban J connectivity index is 1.44. The maximum Gasteiger partial charge on any atom is 0.273 e. The van der Waals surface area contributed by atoms with Gasteiger partial charge in [0.15, 0.2) is 27.1 Å². The zero-order chi connectivity index (χ0) is 30.9. The monoisotopic (exact) mass is 588 g/mol. The molecular formula is C25H27N7O6S2. The van der Waals surface area contributed by atoms with Gasteiger partial charge in [-0.05, 0) is 25.0 Å². The van der Waals surface area contributed by atoms with Crippen molar-refractivity contribution in [2.24, 2.45) is 5.92 Å². The molecule has 3 aromatic rings. The molecule has 1 aliphatic carbocycles. The van der Waals surface area contributed by atoms with Crippen LogP contribution in [0.4, 0.5) is 17.2 Å². The lowest BCUT2D eigenvalue weighted by Crippen LogP contribution is -2.43. The van der Waals surface area contributed by atoms with E-state index < -0.39 is 22.7 Å². The third-order valence-electron chi connectivity index (χ3n) is 6.39. The van der Waals surface area contributed by atoms with Crippen molar-refractivity contribution in [2.75, 3.05) is 49.3 Å². The summed E-state index contributed by atoms with van der Waals surface area (Å²) in [5, 5.41) is 15.8. The highest BCUT2D eigenvalue weighted by atomic mass is 32.2. The number of nitrogens with one attached hydrogen (secondary N) is 3. The molecule has 5 rings (SSSR count). The van der Waals surface area contributed by atoms with Crippen LogP contribution in [0.25, 0.3) is 10.6 Å². The molecule has 3 amide bonds. The second kappa shape index (κ2) is 11.2. The number of anilines is 3. The Morgan fingerprint density at radius 3 is 2.62 bits per heavy atom. The van der Waals surface area contributed by atoms with E-state index in [1.807, 2.05) is 5.32 Å². The molecule has 13 nitrogen and oxygen atoms in total. The number of rotatable bonds is 8. The fourth-order valence-corrected chi connectivity index (χ4v) is 6.19. The molecule has 1 aliphatic heterocycles. The Morgan fingerprint density at radius 2 is 1.93 bits per heavy atom. The van der Waals surface area contributed by atoms with Crippen LogP contribution in [-0.4, -0.2) is 84.9 Å². The number of carbonyl (C=O) groups excluding carboxylic acids is 3. The molecule has 0 unspecified atom stereocenters. The fraction of sp³-hybridized carbons (Fsp3) is 0.360. The minimum absolute atomic E-state index is 0.0494. The van der Waals surface area contributed by atoms with Crippen LogP contribution in [0, 0.1) is 5.92 Å². The lowest BCUT2D eigenvalue weighted by molar-refractivity contribution is -0.117. The van der Waals surface area contributed by atoms with Crippen molar-refractivity contribution in [3.63, 3.8) is 0 Å². The van der Waals surface area contributed by atoms with Gasteiger partial charge < -0.3 is 25.6 Å². The summed E-state index contributed by atoms with van der Waals surface area (Å²) in [6.07, 6.45) is 2.94. The Morgan fingerprint density at radius 1 is 1.15 bits per heavy atom. The summed E-state index contributed by atoms with van der Waals surface area (Å²) < 4.78 is 51.3. The first-order chi connectivity index (χ1) is 20.3. The average Bonchev–Trinajstić information content (AvgIpc) is 3.68. The molecule has 2 aromatic heterocycles. The molecule has 0 atom stereocenters. The van der Waals surface area contributed by atoms with Crippen LogP contribution >= 0.6 is 11.3 Å². The SMILES string of the molecule is [2H]C([2H])([2H])NC(=O)c1nnc(NC(=O)C2CC2)cc1Nc1cccc(-c2ncc(C(=O)N3CCS(=O)(=O)CC3)s2)c1OC. The van der Waals surface area contributed by atoms with Crippen molar-refractivity contribution in [3.8, 4) is 16.3 Å². The summed E-state index contributed by atoms with van der Waals surface area (Å²) in [4.78, 5) is 44.3. The third kappa shape index (κ3) is 5.89. The maximum absolute atomic E-state index is 13.0. The number of ether oxygens (including phenoxy) is 1. The van der Waals surface area contributed by atoms with E-state index in [-0.39, 0.29) is 59.5 Å². The van der Waals surface area contributed by atoms with Crippen LogP contribution in [0.2, 0.25) is 0 Å². The summed E-state index contributed by atoms with van der Waals surface area (Å²) in [6, 6.07) is 6.42. The van der Waals surface area contributed by atoms with Gasteiger partial charge in [0.05, 0.1) is 41.8 Å². The van der Waals surface area contributed by atoms with Crippen LogP contribution in [0.1, 0.15) is 37.1 Å². The molecule has 0 spiro atoms. The van der Waals surface area contributed by atoms with Gasteiger partial charge >= 0.3 is 0 Å². The number of thiazole rings is 1. The van der Waals surface area contributed by atoms with Crippen molar-refractivity contribution in [2.45, 2.75) is 12.8 Å². The molecule has 3 heterocycles. The van der Waals surface area contributed by atoms with E-state index in [0.29, 0.717) is 26.9 Å². The van der Waals surface area contributed by atoms with Gasteiger partial charge in [0.1, 0.15) is 9.88 Å². The summed E-state index contributed by atoms with van der Waals surface area (Å²) in [7, 11) is -1.73. The van der Waals surface area contributed by atoms with Crippen LogP contribution in [0.5, 0.6) is 5.75 Å². The topological polar surface area (TPSA) is 173 Å². The number of para-hydroxylation sites is 1. The standard InChI is InChI=1S/C25H27N7O6S2/c1-26-23(34)20-17(12-19(30-31-20)29-22(33)14-6-7-14)28-16-5-3-4-15(21(16)38-2)24-27-13-18(39-24)25(35)32-8-10-40(36,37)11-9-32/h3-5,12-14H,6-11H2,1-2H3,(H,26,34)(H2,28,29,30,33)/i1D3. The molecule has 0 bridgehead atoms. The van der Waals surface area contributed by atoms with Gasteiger partial charge in [-0.15, -0.1) is 21.5 Å². The smallest absolute Gasteiger partial charge is 0.273 e. The first-order valence-electron chi connectivity index (χ1n) is 13.7. The quantitative estimate of drug-likeness (QED) is 0.353. The van der Waals surface area contributed by atoms with Crippen molar-refractivity contribution in [1.82, 2.24) is 25.4 Å². The van der Waals surface area contributed by atoms with Crippen LogP contribution in [0.3, 0.4) is 0 Å². The predicted octanol–water partition coefficient (Wildman–Crippen LogP) is 1.93. The molecule has 0 radical (unpaired) electrons. The second-order valence-corrected chi connectivity index (χ2v) is 12.5. The molecule has 1 saturated carbocycles. The number of benzene rings is 1. The maximum atomic E-state index is 13.0. The number of aromatic nitrogens is 3. The van der Waals surface area contributed by atoms with E-state index in [1.54, 1.807) is 18.2 Å². The number of nitrogens with zero attached hydrogens (tertiary/aromatic N) is 4. The molecule has 3 N–H and O–H groups in total. The van der Waals surface area contributed by atoms with Gasteiger partial charge in [0.25, 0.3) is 11.8 Å². The highest BCUT2D eigenvalue weighted by Crippen LogP contribution is 2.40. The molecule has 1 saturated heterocycles. The van der Waals surface area contributed by atoms with E-state index in [4.69, 9.17) is 8.85 Å². The van der Waals surface area contributed by atoms with Crippen molar-refractivity contribution >= 4 is 56.1 Å². The fourth-order valence-electron chi connectivity index (χ4n) is 4.09. The van der Waals surface area contributed by atoms with E-state index in [0.717, 1.165) is 24.2 Å². The first-order valence-corrected chi connectivity index (χ1v) is 14.9. The highest BCUT2D eigenvalue weighted by Gasteiger charge is 2.30. The van der Waals surface area contributed by atoms with Gasteiger partial charge in [-0.2, -0.15) is 0 Å². The normalized spacial score (nSPS) is 17.6. The molecule has 2 aliphatic rings. The largest absolute Gasteiger partial charge is 0.494 e. The lowest BCUT2D eigenvalue weighted by atomic mass is 10.1. The van der Waals surface area contributed by atoms with Crippen molar-refractivity contribution < 1.29 is 31.7 Å². The Kier molecular flexibility index (Phi) is 6.63. The molecule has 40 heavy (non-hydrogen) atoms. The Hall–Kier alpha value is -4.11. The van der Waals surface area contributed by atoms with Gasteiger partial charge in [-0.1, -0.05) is 6.07 Å². The predicted molar refractivity (Wildman–Crippen MR) is 149 cm³/mol. The minimum Gasteiger partial charge on any atom is -0.494 e. The zero-order valence-corrected chi connectivity index (χ0v) is 22.9. The van der Waals surface area contributed by atoms with Crippen molar-refractivity contribution in [3.05, 3.63) is 41.0 Å². The van der Waals surface area contributed by atoms with E-state index in [9.17, 15) is 22.8 Å². The number of carbonyl (C=O) groups is 3. The molecule has 210 valence electrons. The summed E-state index contributed by atoms with van der Waals surface area (Å²) in [5.74, 6) is -1.51. The number of hydrogen-bond donors (Lipinski definition) is 3. The summed E-state index contributed by atoms with van der Waals surface area (Å²) in [5.41, 5.74) is 0.572. The number of sulfone groups is 1. The van der Waals surface area contributed by atoms with Gasteiger partial charge in [0, 0.05) is 36.2 Å². The zero-order valence-electron chi connectivity index (χ0n) is 24.3. The lowest BCUT2D eigenvalue weighted by Gasteiger charge is -2.25. The Bertz CT molecular complexity index is 1680. The third-order valence-corrected chi connectivity index (χ3v) is 9.02. The molecule has 2 fully saturated rings. The van der Waals surface area contributed by atoms with Crippen LogP contribution < -0.4 is 20.7 Å². The summed E-state index contributed by atoms with van der Waals surface area (Å²) >= 11 is 1.11. The van der Waals surface area contributed by atoms with Gasteiger partial charge in [0.2, 0.25) is 5.91 Å². The van der Waals surface area contributed by atoms with E-state index >= 15 is 0 Å². The van der Waals surface area contributed by atoms with Crippen LogP contribution in [0.15, 0.2) is 30.5 Å². The number of amides is 3. The minimum atomic E-state index is -3.15. The molecule has 15 heteroatoms. The van der Waals surface area contributed by atoms with E-state index in [1.165, 1.54) is 24.3 Å². The number of hydrogen-bond acceptors (Lipinski definition) is 11. The molecule has 1 aromatic carbocycles.